The van der Waals surface area contributed by atoms with E-state index in [1.54, 1.807) is 29.0 Å². The van der Waals surface area contributed by atoms with E-state index in [0.29, 0.717) is 18.5 Å². The van der Waals surface area contributed by atoms with Crippen LogP contribution < -0.4 is 4.90 Å². The van der Waals surface area contributed by atoms with Gasteiger partial charge in [0.05, 0.1) is 6.10 Å². The minimum Gasteiger partial charge on any atom is -0.393 e. The number of rotatable bonds is 4. The van der Waals surface area contributed by atoms with E-state index in [9.17, 15) is 14.7 Å². The van der Waals surface area contributed by atoms with Crippen molar-refractivity contribution in [2.75, 3.05) is 25.0 Å². The predicted molar refractivity (Wildman–Crippen MR) is 93.0 cm³/mol. The zero-order valence-corrected chi connectivity index (χ0v) is 14.3. The highest BCUT2D eigenvalue weighted by molar-refractivity contribution is 5.97. The molecule has 1 N–H and O–H groups in total. The smallest absolute Gasteiger partial charge is 0.253 e. The Morgan fingerprint density at radius 2 is 1.92 bits per heavy atom. The van der Waals surface area contributed by atoms with E-state index in [1.165, 1.54) is 0 Å². The van der Waals surface area contributed by atoms with Crippen molar-refractivity contribution >= 4 is 17.5 Å². The average molecular weight is 330 g/mol. The molecule has 2 aliphatic rings. The number of benzene rings is 1. The maximum absolute atomic E-state index is 12.6. The highest BCUT2D eigenvalue weighted by Crippen LogP contribution is 2.26. The number of hydrogen-bond donors (Lipinski definition) is 1. The van der Waals surface area contributed by atoms with Gasteiger partial charge in [-0.3, -0.25) is 9.59 Å². The molecule has 0 aromatic heterocycles. The van der Waals surface area contributed by atoms with Crippen molar-refractivity contribution in [3.63, 3.8) is 0 Å². The first-order valence-electron chi connectivity index (χ1n) is 8.90. The van der Waals surface area contributed by atoms with Crippen LogP contribution in [0.25, 0.3) is 0 Å². The van der Waals surface area contributed by atoms with Crippen LogP contribution in [0.1, 0.15) is 48.9 Å². The lowest BCUT2D eigenvalue weighted by Crippen LogP contribution is -2.38. The molecule has 1 aliphatic heterocycles. The highest BCUT2D eigenvalue weighted by atomic mass is 16.3. The van der Waals surface area contributed by atoms with Crippen LogP contribution in [0.5, 0.6) is 0 Å². The fraction of sp³-hybridized carbons (Fsp3) is 0.579. The number of aliphatic hydroxyl groups excluding tert-OH is 1. The van der Waals surface area contributed by atoms with Gasteiger partial charge in [0.15, 0.2) is 0 Å². The van der Waals surface area contributed by atoms with Crippen molar-refractivity contribution in [3.8, 4) is 0 Å². The van der Waals surface area contributed by atoms with E-state index in [1.807, 2.05) is 12.1 Å². The van der Waals surface area contributed by atoms with Gasteiger partial charge in [0.25, 0.3) is 5.91 Å². The number of nitrogens with zero attached hydrogens (tertiary/aromatic N) is 2. The highest BCUT2D eigenvalue weighted by Gasteiger charge is 2.26. The van der Waals surface area contributed by atoms with Gasteiger partial charge in [-0.2, -0.15) is 0 Å². The molecular formula is C19H26N2O3. The molecule has 0 bridgehead atoms. The van der Waals surface area contributed by atoms with Crippen LogP contribution in [0, 0.1) is 5.92 Å². The van der Waals surface area contributed by atoms with E-state index in [-0.39, 0.29) is 23.8 Å². The number of carbonyl (C=O) groups is 2. The molecule has 5 heteroatoms. The predicted octanol–water partition coefficient (Wildman–Crippen LogP) is 2.44. The summed E-state index contributed by atoms with van der Waals surface area (Å²) in [5, 5.41) is 10.1. The van der Waals surface area contributed by atoms with Crippen molar-refractivity contribution < 1.29 is 14.7 Å². The Bertz CT molecular complexity index is 599. The van der Waals surface area contributed by atoms with Crippen LogP contribution in [-0.2, 0) is 4.79 Å². The molecule has 3 rings (SSSR count). The third-order valence-electron chi connectivity index (χ3n) is 5.22. The third kappa shape index (κ3) is 3.61. The van der Waals surface area contributed by atoms with Gasteiger partial charge in [-0.1, -0.05) is 12.8 Å². The van der Waals surface area contributed by atoms with Gasteiger partial charge in [-0.05, 0) is 43.5 Å². The van der Waals surface area contributed by atoms with E-state index < -0.39 is 0 Å². The van der Waals surface area contributed by atoms with Gasteiger partial charge in [0.2, 0.25) is 5.91 Å². The average Bonchev–Trinajstić information content (AvgIpc) is 3.02. The molecule has 5 nitrogen and oxygen atoms in total. The van der Waals surface area contributed by atoms with Crippen LogP contribution in [0.3, 0.4) is 0 Å². The Morgan fingerprint density at radius 3 is 2.54 bits per heavy atom. The van der Waals surface area contributed by atoms with Crippen molar-refractivity contribution in [2.45, 2.75) is 44.6 Å². The van der Waals surface area contributed by atoms with Gasteiger partial charge in [0, 0.05) is 43.7 Å². The molecule has 24 heavy (non-hydrogen) atoms. The minimum atomic E-state index is -0.294. The van der Waals surface area contributed by atoms with Crippen molar-refractivity contribution in [3.05, 3.63) is 29.8 Å². The summed E-state index contributed by atoms with van der Waals surface area (Å²) in [6, 6.07) is 7.27. The molecule has 1 aromatic rings. The van der Waals surface area contributed by atoms with Crippen LogP contribution in [0.4, 0.5) is 5.69 Å². The second kappa shape index (κ2) is 7.34. The van der Waals surface area contributed by atoms with Gasteiger partial charge >= 0.3 is 0 Å². The van der Waals surface area contributed by atoms with Crippen molar-refractivity contribution in [1.29, 1.82) is 0 Å². The molecule has 1 aliphatic carbocycles. The largest absolute Gasteiger partial charge is 0.393 e. The monoisotopic (exact) mass is 330 g/mol. The first kappa shape index (κ1) is 17.0. The maximum atomic E-state index is 12.6. The van der Waals surface area contributed by atoms with Crippen LogP contribution in [-0.4, -0.2) is 48.1 Å². The molecule has 2 atom stereocenters. The third-order valence-corrected chi connectivity index (χ3v) is 5.22. The molecule has 130 valence electrons. The van der Waals surface area contributed by atoms with Crippen LogP contribution in [0.15, 0.2) is 24.3 Å². The quantitative estimate of drug-likeness (QED) is 0.922. The molecule has 1 saturated carbocycles. The number of hydrogen-bond acceptors (Lipinski definition) is 3. The molecule has 1 heterocycles. The first-order chi connectivity index (χ1) is 11.6. The molecule has 0 radical (unpaired) electrons. The molecule has 2 amide bonds. The molecule has 0 spiro atoms. The summed E-state index contributed by atoms with van der Waals surface area (Å²) >= 11 is 0. The lowest BCUT2D eigenvalue weighted by Gasteiger charge is -2.31. The summed E-state index contributed by atoms with van der Waals surface area (Å²) < 4.78 is 0. The van der Waals surface area contributed by atoms with E-state index in [4.69, 9.17) is 0 Å². The normalized spacial score (nSPS) is 24.2. The molecular weight excluding hydrogens is 304 g/mol. The van der Waals surface area contributed by atoms with Gasteiger partial charge in [-0.15, -0.1) is 0 Å². The second-order valence-electron chi connectivity index (χ2n) is 6.99. The van der Waals surface area contributed by atoms with Gasteiger partial charge in [-0.25, -0.2) is 0 Å². The molecule has 2 fully saturated rings. The number of amides is 2. The number of carbonyl (C=O) groups excluding carboxylic acids is 2. The first-order valence-corrected chi connectivity index (χ1v) is 8.90. The van der Waals surface area contributed by atoms with Crippen LogP contribution in [0.2, 0.25) is 0 Å². The summed E-state index contributed by atoms with van der Waals surface area (Å²) in [5.41, 5.74) is 1.48. The Hall–Kier alpha value is -1.88. The van der Waals surface area contributed by atoms with E-state index in [2.05, 4.69) is 0 Å². The Balaban J connectivity index is 1.62. The fourth-order valence-electron chi connectivity index (χ4n) is 3.76. The van der Waals surface area contributed by atoms with Gasteiger partial charge in [0.1, 0.15) is 0 Å². The lowest BCUT2D eigenvalue weighted by atomic mass is 9.86. The summed E-state index contributed by atoms with van der Waals surface area (Å²) in [5.74, 6) is 0.291. The number of aliphatic hydroxyl groups is 1. The zero-order valence-electron chi connectivity index (χ0n) is 14.3. The minimum absolute atomic E-state index is 0.0351. The van der Waals surface area contributed by atoms with Crippen LogP contribution >= 0.6 is 0 Å². The van der Waals surface area contributed by atoms with E-state index in [0.717, 1.165) is 44.3 Å². The summed E-state index contributed by atoms with van der Waals surface area (Å²) in [6.45, 7) is 1.35. The SMILES string of the molecule is CN(CC1CCCCC1O)C(=O)c1ccc(N2CCCC2=O)cc1. The Kier molecular flexibility index (Phi) is 5.19. The Labute approximate surface area is 143 Å². The van der Waals surface area contributed by atoms with E-state index >= 15 is 0 Å². The maximum Gasteiger partial charge on any atom is 0.253 e. The zero-order chi connectivity index (χ0) is 17.1. The molecule has 1 saturated heterocycles. The second-order valence-corrected chi connectivity index (χ2v) is 6.99. The molecule has 1 aromatic carbocycles. The lowest BCUT2D eigenvalue weighted by molar-refractivity contribution is -0.117. The van der Waals surface area contributed by atoms with Crippen molar-refractivity contribution in [2.24, 2.45) is 5.92 Å². The van der Waals surface area contributed by atoms with Gasteiger partial charge < -0.3 is 14.9 Å². The number of anilines is 1. The summed E-state index contributed by atoms with van der Waals surface area (Å²) in [7, 11) is 1.79. The molecule has 2 unspecified atom stereocenters. The van der Waals surface area contributed by atoms with Crippen molar-refractivity contribution in [1.82, 2.24) is 4.90 Å². The summed E-state index contributed by atoms with van der Waals surface area (Å²) in [6.07, 6.45) is 5.23. The standard InChI is InChI=1S/C19H26N2O3/c1-20(13-15-5-2-3-6-17(15)22)19(24)14-8-10-16(11-9-14)21-12-4-7-18(21)23/h8-11,15,17,22H,2-7,12-13H2,1H3. The Morgan fingerprint density at radius 1 is 1.21 bits per heavy atom. The fourth-order valence-corrected chi connectivity index (χ4v) is 3.76. The summed E-state index contributed by atoms with van der Waals surface area (Å²) in [4.78, 5) is 27.8. The topological polar surface area (TPSA) is 60.9 Å².